The topological polar surface area (TPSA) is 400 Å². The Morgan fingerprint density at radius 2 is 0.906 bits per heavy atom. The molecule has 6 aromatic rings. The Balaban J connectivity index is 0.000000337. The molecule has 4 fully saturated rings. The number of hydrogen-bond donors (Lipinski definition) is 6. The van der Waals surface area contributed by atoms with Crippen molar-refractivity contribution in [1.29, 1.82) is 0 Å². The molecule has 0 spiro atoms. The first-order valence-electron chi connectivity index (χ1n) is 32.6. The number of aliphatic carboxylic acids is 1. The van der Waals surface area contributed by atoms with Crippen LogP contribution in [0.5, 0.6) is 0 Å². The molecule has 40 heteroatoms. The van der Waals surface area contributed by atoms with Gasteiger partial charge in [0.2, 0.25) is 16.6 Å². The number of thiocarbonyl (C=S) groups is 2. The number of carbonyl (C=O) groups is 6. The second kappa shape index (κ2) is 52.2. The predicted octanol–water partition coefficient (Wildman–Crippen LogP) is 14.8. The van der Waals surface area contributed by atoms with Crippen LogP contribution in [0.4, 0.5) is 24.3 Å². The number of amides is 5. The summed E-state index contributed by atoms with van der Waals surface area (Å²) in [4.78, 5) is 88.1. The summed E-state index contributed by atoms with van der Waals surface area (Å²) < 4.78 is 31.6. The normalized spacial score (nSPS) is 16.6. The first kappa shape index (κ1) is 94.2. The molecular formula is C66H87Br3Cl3CuN14O14PS4. The average Bonchev–Trinajstić information content (AvgIpc) is 1.62. The van der Waals surface area contributed by atoms with Crippen molar-refractivity contribution >= 4 is 182 Å². The fourth-order valence-electron chi connectivity index (χ4n) is 9.74. The van der Waals surface area contributed by atoms with Gasteiger partial charge in [-0.1, -0.05) is 168 Å². The van der Waals surface area contributed by atoms with Gasteiger partial charge in [0.05, 0.1) is 28.4 Å². The number of aromatic nitrogens is 4. The van der Waals surface area contributed by atoms with Crippen LogP contribution in [0.3, 0.4) is 0 Å². The van der Waals surface area contributed by atoms with Gasteiger partial charge in [-0.15, -0.1) is 20.4 Å². The molecule has 5 amide bonds. The number of rotatable bonds is 15. The van der Waals surface area contributed by atoms with Gasteiger partial charge in [-0.25, -0.2) is 19.2 Å². The molecule has 4 aliphatic heterocycles. The number of carboxylic acids is 1. The third kappa shape index (κ3) is 41.5. The summed E-state index contributed by atoms with van der Waals surface area (Å²) >= 11 is 36.6. The van der Waals surface area contributed by atoms with E-state index in [2.05, 4.69) is 116 Å². The van der Waals surface area contributed by atoms with Crippen molar-refractivity contribution in [1.82, 2.24) is 45.3 Å². The molecule has 10 rings (SSSR count). The Kier molecular flexibility index (Phi) is 46.4. The molecule has 4 aliphatic rings. The molecule has 28 nitrogen and oxygen atoms in total. The minimum atomic E-state index is -3.22. The molecule has 587 valence electrons. The predicted molar refractivity (Wildman–Crippen MR) is 427 cm³/mol. The minimum absolute atomic E-state index is 0.127. The molecule has 4 atom stereocenters. The van der Waals surface area contributed by atoms with Crippen LogP contribution >= 0.6 is 130 Å². The average molecular weight is 1870 g/mol. The number of carboxylic acid groups (broad SMARTS) is 1. The number of nitrogen functional groups attached to an aromatic ring is 1. The summed E-state index contributed by atoms with van der Waals surface area (Å²) in [5.74, 6) is -1.24. The van der Waals surface area contributed by atoms with Crippen LogP contribution in [-0.2, 0) is 70.9 Å². The number of piperidine rings is 4. The van der Waals surface area contributed by atoms with Gasteiger partial charge in [-0.3, -0.25) is 24.3 Å². The van der Waals surface area contributed by atoms with Gasteiger partial charge in [0.25, 0.3) is 0 Å². The van der Waals surface area contributed by atoms with E-state index in [-0.39, 0.29) is 78.2 Å². The summed E-state index contributed by atoms with van der Waals surface area (Å²) in [5.41, 5.74) is 23.9. The van der Waals surface area contributed by atoms with E-state index in [0.717, 1.165) is 87.8 Å². The van der Waals surface area contributed by atoms with Gasteiger partial charge in [-0.2, -0.15) is 0 Å². The third-order valence-corrected chi connectivity index (χ3v) is 17.8. The van der Waals surface area contributed by atoms with E-state index in [1.165, 1.54) is 38.9 Å². The zero-order valence-electron chi connectivity index (χ0n) is 58.2. The molecule has 0 unspecified atom stereocenters. The number of nitro groups is 1. The maximum absolute atomic E-state index is 12.2. The number of likely N-dealkylation sites (tertiary alicyclic amines) is 4. The summed E-state index contributed by atoms with van der Waals surface area (Å²) in [7, 11) is 0. The number of ether oxygens (including phenoxy) is 4. The number of carbonyl (C=O) groups excluding carboxylic acids is 5. The quantitative estimate of drug-likeness (QED) is 0.0139. The molecule has 6 heterocycles. The van der Waals surface area contributed by atoms with E-state index in [1.54, 1.807) is 35.5 Å². The fraction of sp³-hybridized carbons (Fsp3) is 0.455. The van der Waals surface area contributed by atoms with Crippen LogP contribution in [0.1, 0.15) is 116 Å². The second-order valence-corrected chi connectivity index (χ2v) is 40.0. The van der Waals surface area contributed by atoms with Crippen LogP contribution in [0.15, 0.2) is 125 Å². The first-order chi connectivity index (χ1) is 50.3. The molecule has 106 heavy (non-hydrogen) atoms. The fourth-order valence-corrected chi connectivity index (χ4v) is 11.8. The summed E-state index contributed by atoms with van der Waals surface area (Å²) in [5, 5.41) is 36.7. The Labute approximate surface area is 678 Å². The zero-order chi connectivity index (χ0) is 78.6. The molecule has 0 radical (unpaired) electrons. The molecule has 4 saturated heterocycles. The van der Waals surface area contributed by atoms with Crippen molar-refractivity contribution < 1.29 is 73.7 Å². The van der Waals surface area contributed by atoms with E-state index < -0.39 is 28.7 Å². The van der Waals surface area contributed by atoms with Crippen LogP contribution in [0.25, 0.3) is 0 Å². The molecule has 4 aromatic carbocycles. The van der Waals surface area contributed by atoms with Gasteiger partial charge in [0.15, 0.2) is 3.92 Å². The van der Waals surface area contributed by atoms with E-state index >= 15 is 0 Å². The Bertz CT molecular complexity index is 3580. The number of nitrogens with zero attached hydrogens (tertiary/aromatic N) is 9. The van der Waals surface area contributed by atoms with Crippen LogP contribution < -0.4 is 28.3 Å². The second-order valence-electron chi connectivity index (χ2n) is 24.2. The van der Waals surface area contributed by atoms with Crippen molar-refractivity contribution in [3.8, 4) is 0 Å². The van der Waals surface area contributed by atoms with Gasteiger partial charge in [0.1, 0.15) is 36.4 Å². The summed E-state index contributed by atoms with van der Waals surface area (Å²) in [6.07, 6.45) is 5.42. The number of halogens is 6. The van der Waals surface area contributed by atoms with Gasteiger partial charge < -0.3 is 71.9 Å². The van der Waals surface area contributed by atoms with Gasteiger partial charge in [0, 0.05) is 96.4 Å². The van der Waals surface area contributed by atoms with E-state index in [4.69, 9.17) is 59.2 Å². The summed E-state index contributed by atoms with van der Waals surface area (Å²) in [6, 6.07) is 38.3. The van der Waals surface area contributed by atoms with Crippen LogP contribution in [0, 0.1) is 22.0 Å². The number of anilines is 1. The zero-order valence-corrected chi connectivity index (χ0v) is 70.3. The van der Waals surface area contributed by atoms with Crippen LogP contribution in [-0.4, -0.2) is 167 Å². The molecule has 10 N–H and O–H groups in total. The maximum atomic E-state index is 12.2. The number of nitrogens with two attached hydrogens (primary N) is 4. The number of benzene rings is 4. The Morgan fingerprint density at radius 3 is 1.19 bits per heavy atom. The molecule has 0 aliphatic carbocycles. The summed E-state index contributed by atoms with van der Waals surface area (Å²) in [6.45, 7) is 10.7. The SMILES string of the molecule is CC(C)(C)[N+](=O)[O-].NC(=S)CNC(=O)[C@H]1CCCN(C(=O)OCc2ccccc2)C1.NCC(N)=S.Nc1nnc([C@H]2CCCN(C(=O)OCc3ccccc3)C2)s1.O=C(O)[C@H]1CCCN(C(=O)OCc2ccccc2)C1.O=C(OCc1ccccc1)N1CCC[C@H](c2nnc(Br)s2)C1.O=P(Cl)(Cl)Cl.[Br][Cu][Br]. The van der Waals surface area contributed by atoms with Crippen molar-refractivity contribution in [2.24, 2.45) is 29.0 Å². The molecule has 2 aromatic heterocycles. The molecule has 0 bridgehead atoms. The third-order valence-electron chi connectivity index (χ3n) is 15.0. The molecule has 0 saturated carbocycles. The van der Waals surface area contributed by atoms with Crippen molar-refractivity contribution in [3.63, 3.8) is 0 Å². The van der Waals surface area contributed by atoms with Crippen LogP contribution in [0.2, 0.25) is 0 Å². The van der Waals surface area contributed by atoms with Crippen molar-refractivity contribution in [3.05, 3.63) is 168 Å². The van der Waals surface area contributed by atoms with Crippen molar-refractivity contribution in [2.75, 3.05) is 71.2 Å². The molecular weight excluding hydrogens is 1780 g/mol. The monoisotopic (exact) mass is 1860 g/mol. The van der Waals surface area contributed by atoms with E-state index in [0.29, 0.717) is 75.4 Å². The Morgan fingerprint density at radius 1 is 0.604 bits per heavy atom. The number of hydrogen-bond acceptors (Lipinski definition) is 23. The van der Waals surface area contributed by atoms with E-state index in [9.17, 15) is 43.4 Å². The Hall–Kier alpha value is -5.98. The standard InChI is InChI=1S/C16H21N3O3S.C15H16BrN3O2S.C15H18N4O2S.C14H17NO4.C4H9NO2.C2H6N2S.2BrH.Cl3OP.Cu/c17-14(23)9-18-15(20)13-7-4-8-19(10-13)16(21)22-11-12-5-2-1-3-6-12;2*16-14-18-17-13(22-14)12-7-4-8-19(9-12)15(20)21-10-11-5-2-1-3-6-11;16-13(17)12-7-4-8-15(9-12)14(18)19-10-11-5-2-1-3-6-11;1-4(2,3)5(6)7;3-1-2(4)5;;;1-5(2,3)4;/h1-3,5-6,13H,4,7-11H2,(H2,17,23)(H,18,20);1-3,5-6,12H,4,7-10H2;1-3,5-6,12H,4,7-10H2,(H2,16,18);1-3,5-6,12H,4,7-10H2,(H,16,17);1-3H3;1,3H2,(H2,4,5);2*1H;;/q;;;;;;;;;+2/p-2/t13-;3*12-;;;;;;/m0000....../s1. The van der Waals surface area contributed by atoms with Crippen molar-refractivity contribution in [2.45, 2.75) is 116 Å². The van der Waals surface area contributed by atoms with Gasteiger partial charge >= 0.3 is 75.1 Å². The van der Waals surface area contributed by atoms with E-state index in [1.807, 2.05) is 121 Å². The number of nitrogens with one attached hydrogen (secondary N) is 1. The van der Waals surface area contributed by atoms with Gasteiger partial charge in [-0.05, 0) is 123 Å². The first-order valence-corrected chi connectivity index (χ1v) is 44.9.